The van der Waals surface area contributed by atoms with Crippen LogP contribution in [0, 0.1) is 11.8 Å². The second-order valence-corrected chi connectivity index (χ2v) is 5.98. The Bertz CT molecular complexity index is 215. The molecule has 0 N–H and O–H groups in total. The number of nitrogens with zero attached hydrogens (tertiary/aromatic N) is 1. The van der Waals surface area contributed by atoms with Crippen molar-refractivity contribution in [2.24, 2.45) is 17.0 Å². The molecule has 0 aromatic carbocycles. The van der Waals surface area contributed by atoms with Gasteiger partial charge in [0.2, 0.25) is 0 Å². The van der Waals surface area contributed by atoms with E-state index in [4.69, 9.17) is 4.84 Å². The van der Waals surface area contributed by atoms with Gasteiger partial charge in [0, 0.05) is 6.21 Å². The molecule has 2 heteroatoms. The first-order valence-corrected chi connectivity index (χ1v) is 8.84. The second-order valence-electron chi connectivity index (χ2n) is 5.98. The van der Waals surface area contributed by atoms with E-state index in [2.05, 4.69) is 25.9 Å². The lowest BCUT2D eigenvalue weighted by Crippen LogP contribution is -2.15. The molecule has 0 spiro atoms. The topological polar surface area (TPSA) is 21.6 Å². The van der Waals surface area contributed by atoms with Gasteiger partial charge in [-0.1, -0.05) is 90.1 Å². The highest BCUT2D eigenvalue weighted by Crippen LogP contribution is 2.29. The van der Waals surface area contributed by atoms with Crippen molar-refractivity contribution in [3.63, 3.8) is 0 Å². The molecular weight excluding hydrogens is 246 g/mol. The SMILES string of the molecule is CCCCCCCC(CCCC)C(CC)C/C=N\OC. The molecule has 0 fully saturated rings. The number of rotatable bonds is 14. The molecule has 0 bridgehead atoms. The van der Waals surface area contributed by atoms with Gasteiger partial charge in [-0.05, 0) is 18.3 Å². The Morgan fingerprint density at radius 1 is 0.850 bits per heavy atom. The van der Waals surface area contributed by atoms with Crippen molar-refractivity contribution in [3.05, 3.63) is 0 Å². The number of hydrogen-bond acceptors (Lipinski definition) is 2. The quantitative estimate of drug-likeness (QED) is 0.211. The van der Waals surface area contributed by atoms with E-state index in [0.717, 1.165) is 18.3 Å². The smallest absolute Gasteiger partial charge is 0.106 e. The van der Waals surface area contributed by atoms with E-state index in [1.807, 2.05) is 6.21 Å². The third kappa shape index (κ3) is 10.3. The van der Waals surface area contributed by atoms with E-state index >= 15 is 0 Å². The molecule has 2 nitrogen and oxygen atoms in total. The van der Waals surface area contributed by atoms with Crippen LogP contribution in [-0.4, -0.2) is 13.3 Å². The van der Waals surface area contributed by atoms with Gasteiger partial charge >= 0.3 is 0 Å². The molecule has 0 heterocycles. The van der Waals surface area contributed by atoms with Crippen molar-refractivity contribution in [2.75, 3.05) is 7.11 Å². The summed E-state index contributed by atoms with van der Waals surface area (Å²) in [6.45, 7) is 6.90. The van der Waals surface area contributed by atoms with E-state index in [-0.39, 0.29) is 0 Å². The van der Waals surface area contributed by atoms with Crippen LogP contribution in [0.4, 0.5) is 0 Å². The van der Waals surface area contributed by atoms with Crippen molar-refractivity contribution >= 4 is 6.21 Å². The lowest BCUT2D eigenvalue weighted by molar-refractivity contribution is 0.212. The fraction of sp³-hybridized carbons (Fsp3) is 0.944. The van der Waals surface area contributed by atoms with Crippen molar-refractivity contribution in [1.82, 2.24) is 0 Å². The first-order chi connectivity index (χ1) is 9.79. The van der Waals surface area contributed by atoms with Crippen LogP contribution in [0.25, 0.3) is 0 Å². The predicted molar refractivity (Wildman–Crippen MR) is 90.3 cm³/mol. The first kappa shape index (κ1) is 19.5. The molecule has 0 aromatic heterocycles. The summed E-state index contributed by atoms with van der Waals surface area (Å²) in [7, 11) is 1.62. The van der Waals surface area contributed by atoms with Crippen molar-refractivity contribution < 1.29 is 4.84 Å². The molecule has 20 heavy (non-hydrogen) atoms. The van der Waals surface area contributed by atoms with Gasteiger partial charge in [-0.2, -0.15) is 0 Å². The van der Waals surface area contributed by atoms with Crippen LogP contribution in [0.15, 0.2) is 5.16 Å². The monoisotopic (exact) mass is 283 g/mol. The minimum absolute atomic E-state index is 0.784. The minimum atomic E-state index is 0.784. The highest BCUT2D eigenvalue weighted by atomic mass is 16.6. The van der Waals surface area contributed by atoms with Gasteiger partial charge in [0.15, 0.2) is 0 Å². The third-order valence-corrected chi connectivity index (χ3v) is 4.39. The zero-order valence-corrected chi connectivity index (χ0v) is 14.4. The third-order valence-electron chi connectivity index (χ3n) is 4.39. The summed E-state index contributed by atoms with van der Waals surface area (Å²) in [6, 6.07) is 0. The van der Waals surface area contributed by atoms with Crippen LogP contribution < -0.4 is 0 Å². The molecule has 0 aliphatic heterocycles. The fourth-order valence-electron chi connectivity index (χ4n) is 3.04. The van der Waals surface area contributed by atoms with Crippen LogP contribution in [0.1, 0.15) is 91.4 Å². The lowest BCUT2D eigenvalue weighted by atomic mass is 9.80. The summed E-state index contributed by atoms with van der Waals surface area (Å²) < 4.78 is 0. The number of unbranched alkanes of at least 4 members (excludes halogenated alkanes) is 5. The van der Waals surface area contributed by atoms with Crippen molar-refractivity contribution in [1.29, 1.82) is 0 Å². The summed E-state index contributed by atoms with van der Waals surface area (Å²) in [5, 5.41) is 3.92. The van der Waals surface area contributed by atoms with Gasteiger partial charge in [0.05, 0.1) is 0 Å². The van der Waals surface area contributed by atoms with Crippen molar-refractivity contribution in [2.45, 2.75) is 91.4 Å². The molecule has 2 atom stereocenters. The standard InChI is InChI=1S/C18H37NO/c1-5-8-10-11-12-14-18(13-9-6-2)17(7-3)15-16-19-20-4/h16-18H,5-15H2,1-4H3/b19-16-. The van der Waals surface area contributed by atoms with E-state index in [9.17, 15) is 0 Å². The Kier molecular flexibility index (Phi) is 14.5. The summed E-state index contributed by atoms with van der Waals surface area (Å²) in [4.78, 5) is 4.79. The van der Waals surface area contributed by atoms with Crippen LogP contribution in [0.3, 0.4) is 0 Å². The summed E-state index contributed by atoms with van der Waals surface area (Å²) >= 11 is 0. The summed E-state index contributed by atoms with van der Waals surface area (Å²) in [5.74, 6) is 1.66. The zero-order chi connectivity index (χ0) is 15.1. The molecule has 0 saturated heterocycles. The largest absolute Gasteiger partial charge is 0.399 e. The molecule has 0 saturated carbocycles. The van der Waals surface area contributed by atoms with Gasteiger partial charge in [-0.15, -0.1) is 0 Å². The highest BCUT2D eigenvalue weighted by molar-refractivity contribution is 5.56. The Labute approximate surface area is 127 Å². The molecule has 0 amide bonds. The fourth-order valence-corrected chi connectivity index (χ4v) is 3.04. The van der Waals surface area contributed by atoms with E-state index in [1.54, 1.807) is 7.11 Å². The lowest BCUT2D eigenvalue weighted by Gasteiger charge is -2.25. The summed E-state index contributed by atoms with van der Waals surface area (Å²) in [5.41, 5.74) is 0. The Morgan fingerprint density at radius 3 is 2.10 bits per heavy atom. The van der Waals surface area contributed by atoms with Crippen LogP contribution >= 0.6 is 0 Å². The maximum atomic E-state index is 4.79. The maximum Gasteiger partial charge on any atom is 0.106 e. The summed E-state index contributed by atoms with van der Waals surface area (Å²) in [6.07, 6.45) is 16.8. The Balaban J connectivity index is 4.15. The molecule has 0 rings (SSSR count). The number of hydrogen-bond donors (Lipinski definition) is 0. The van der Waals surface area contributed by atoms with E-state index in [0.29, 0.717) is 0 Å². The van der Waals surface area contributed by atoms with Crippen LogP contribution in [0.2, 0.25) is 0 Å². The normalized spacial score (nSPS) is 14.6. The van der Waals surface area contributed by atoms with Gasteiger partial charge in [0.1, 0.15) is 7.11 Å². The molecule has 0 aromatic rings. The molecule has 120 valence electrons. The zero-order valence-electron chi connectivity index (χ0n) is 14.4. The average Bonchev–Trinajstić information content (AvgIpc) is 2.47. The van der Waals surface area contributed by atoms with Crippen LogP contribution in [0.5, 0.6) is 0 Å². The predicted octanol–water partition coefficient (Wildman–Crippen LogP) is 6.20. The van der Waals surface area contributed by atoms with Gasteiger partial charge in [0.25, 0.3) is 0 Å². The molecule has 0 radical (unpaired) electrons. The van der Waals surface area contributed by atoms with Crippen LogP contribution in [-0.2, 0) is 4.84 Å². The van der Waals surface area contributed by atoms with Gasteiger partial charge in [-0.25, -0.2) is 0 Å². The molecule has 0 aliphatic rings. The Morgan fingerprint density at radius 2 is 1.50 bits per heavy atom. The minimum Gasteiger partial charge on any atom is -0.399 e. The van der Waals surface area contributed by atoms with E-state index < -0.39 is 0 Å². The molecule has 2 unspecified atom stereocenters. The van der Waals surface area contributed by atoms with Crippen molar-refractivity contribution in [3.8, 4) is 0 Å². The van der Waals surface area contributed by atoms with Gasteiger partial charge < -0.3 is 4.84 Å². The van der Waals surface area contributed by atoms with E-state index in [1.165, 1.54) is 64.2 Å². The second kappa shape index (κ2) is 14.9. The molecular formula is C18H37NO. The Hall–Kier alpha value is -0.530. The maximum absolute atomic E-state index is 4.79. The van der Waals surface area contributed by atoms with Gasteiger partial charge in [-0.3, -0.25) is 0 Å². The highest BCUT2D eigenvalue weighted by Gasteiger charge is 2.18. The average molecular weight is 284 g/mol. The number of oxime groups is 1. The first-order valence-electron chi connectivity index (χ1n) is 8.84. The molecule has 0 aliphatic carbocycles.